The van der Waals surface area contributed by atoms with Gasteiger partial charge in [-0.15, -0.1) is 0 Å². The predicted octanol–water partition coefficient (Wildman–Crippen LogP) is 1.19. The van der Waals surface area contributed by atoms with Gasteiger partial charge in [0.1, 0.15) is 17.3 Å². The largest absolute Gasteiger partial charge is 0.481 e. The van der Waals surface area contributed by atoms with Gasteiger partial charge < -0.3 is 14.7 Å². The van der Waals surface area contributed by atoms with Crippen LogP contribution < -0.4 is 0 Å². The Hall–Kier alpha value is -2.21. The second-order valence-corrected chi connectivity index (χ2v) is 6.06. The Morgan fingerprint density at radius 1 is 1.41 bits per heavy atom. The van der Waals surface area contributed by atoms with E-state index in [1.54, 1.807) is 23.1 Å². The number of likely N-dealkylation sites (tertiary alicyclic amines) is 1. The molecule has 3 aliphatic heterocycles. The summed E-state index contributed by atoms with van der Waals surface area (Å²) < 4.78 is 18.8. The SMILES string of the molecule is O=C(O)[C@H]1[C@@H]2C=C[C@]3(CN(Cc4ccc(F)cc4)C(=O)[C@@H]13)O2. The lowest BCUT2D eigenvalue weighted by atomic mass is 9.77. The van der Waals surface area contributed by atoms with Gasteiger partial charge in [0.2, 0.25) is 5.91 Å². The first kappa shape index (κ1) is 13.5. The maximum absolute atomic E-state index is 13.0. The maximum Gasteiger partial charge on any atom is 0.310 e. The number of nitrogens with zero attached hydrogens (tertiary/aromatic N) is 1. The molecule has 114 valence electrons. The normalized spacial score (nSPS) is 35.2. The van der Waals surface area contributed by atoms with E-state index in [-0.39, 0.29) is 11.7 Å². The lowest BCUT2D eigenvalue weighted by Gasteiger charge is -2.21. The quantitative estimate of drug-likeness (QED) is 0.852. The topological polar surface area (TPSA) is 66.8 Å². The van der Waals surface area contributed by atoms with Crippen LogP contribution in [0.1, 0.15) is 5.56 Å². The van der Waals surface area contributed by atoms with Crippen LogP contribution >= 0.6 is 0 Å². The Balaban J connectivity index is 1.61. The van der Waals surface area contributed by atoms with E-state index in [2.05, 4.69) is 0 Å². The minimum Gasteiger partial charge on any atom is -0.481 e. The van der Waals surface area contributed by atoms with E-state index in [1.165, 1.54) is 12.1 Å². The van der Waals surface area contributed by atoms with Crippen molar-refractivity contribution in [1.82, 2.24) is 4.90 Å². The number of ether oxygens (including phenoxy) is 1. The molecule has 3 aliphatic rings. The molecule has 2 saturated heterocycles. The van der Waals surface area contributed by atoms with Crippen molar-refractivity contribution in [2.24, 2.45) is 11.8 Å². The van der Waals surface area contributed by atoms with E-state index in [1.807, 2.05) is 6.08 Å². The second kappa shape index (κ2) is 4.39. The molecule has 1 spiro atoms. The molecule has 1 aromatic rings. The summed E-state index contributed by atoms with van der Waals surface area (Å²) in [6.07, 6.45) is 3.05. The summed E-state index contributed by atoms with van der Waals surface area (Å²) in [7, 11) is 0. The molecule has 2 fully saturated rings. The van der Waals surface area contributed by atoms with Crippen molar-refractivity contribution in [3.63, 3.8) is 0 Å². The van der Waals surface area contributed by atoms with Gasteiger partial charge in [-0.25, -0.2) is 4.39 Å². The summed E-state index contributed by atoms with van der Waals surface area (Å²) in [5.74, 6) is -3.03. The molecule has 3 heterocycles. The zero-order valence-corrected chi connectivity index (χ0v) is 11.6. The van der Waals surface area contributed by atoms with Crippen molar-refractivity contribution in [2.45, 2.75) is 18.2 Å². The molecule has 1 amide bonds. The highest BCUT2D eigenvalue weighted by atomic mass is 19.1. The number of carbonyl (C=O) groups is 2. The van der Waals surface area contributed by atoms with Crippen LogP contribution in [0.25, 0.3) is 0 Å². The summed E-state index contributed by atoms with van der Waals surface area (Å²) in [5, 5.41) is 9.38. The zero-order valence-electron chi connectivity index (χ0n) is 11.6. The van der Waals surface area contributed by atoms with E-state index in [9.17, 15) is 19.1 Å². The van der Waals surface area contributed by atoms with E-state index >= 15 is 0 Å². The summed E-state index contributed by atoms with van der Waals surface area (Å²) in [5.41, 5.74) is -0.0123. The van der Waals surface area contributed by atoms with Crippen molar-refractivity contribution in [3.05, 3.63) is 47.8 Å². The molecular formula is C16H14FNO4. The number of carboxylic acid groups (broad SMARTS) is 1. The highest BCUT2D eigenvalue weighted by Gasteiger charge is 2.66. The Labute approximate surface area is 126 Å². The van der Waals surface area contributed by atoms with Gasteiger partial charge in [-0.05, 0) is 17.7 Å². The Morgan fingerprint density at radius 3 is 2.82 bits per heavy atom. The molecule has 1 N–H and O–H groups in total. The van der Waals surface area contributed by atoms with E-state index in [0.29, 0.717) is 13.1 Å². The first-order chi connectivity index (χ1) is 10.5. The van der Waals surface area contributed by atoms with Gasteiger partial charge in [0, 0.05) is 6.54 Å². The zero-order chi connectivity index (χ0) is 15.5. The minimum absolute atomic E-state index is 0.205. The standard InChI is InChI=1S/C16H14FNO4/c17-10-3-1-9(2-4-10)7-18-8-16-6-5-11(22-16)12(15(20)21)13(16)14(18)19/h1-6,11-13H,7-8H2,(H,20,21)/t11-,12-,13+,16+/m0/s1. The second-order valence-electron chi connectivity index (χ2n) is 6.06. The van der Waals surface area contributed by atoms with E-state index in [0.717, 1.165) is 5.56 Å². The maximum atomic E-state index is 13.0. The fourth-order valence-corrected chi connectivity index (χ4v) is 3.80. The number of aliphatic carboxylic acids is 1. The Kier molecular flexibility index (Phi) is 2.69. The fraction of sp³-hybridized carbons (Fsp3) is 0.375. The molecule has 0 radical (unpaired) electrons. The summed E-state index contributed by atoms with van der Waals surface area (Å²) >= 11 is 0. The number of carbonyl (C=O) groups excluding carboxylic acids is 1. The molecule has 0 aromatic heterocycles. The third-order valence-electron chi connectivity index (χ3n) is 4.75. The van der Waals surface area contributed by atoms with Gasteiger partial charge in [0.25, 0.3) is 0 Å². The van der Waals surface area contributed by atoms with Gasteiger partial charge in [0.05, 0.1) is 18.6 Å². The average molecular weight is 303 g/mol. The highest BCUT2D eigenvalue weighted by molar-refractivity contribution is 5.90. The van der Waals surface area contributed by atoms with Crippen LogP contribution in [0.2, 0.25) is 0 Å². The Bertz CT molecular complexity index is 686. The number of hydrogen-bond acceptors (Lipinski definition) is 3. The first-order valence-electron chi connectivity index (χ1n) is 7.13. The number of benzene rings is 1. The molecule has 5 nitrogen and oxygen atoms in total. The number of rotatable bonds is 3. The van der Waals surface area contributed by atoms with Crippen molar-refractivity contribution < 1.29 is 23.8 Å². The van der Waals surface area contributed by atoms with Crippen molar-refractivity contribution in [2.75, 3.05) is 6.54 Å². The van der Waals surface area contributed by atoms with E-state index in [4.69, 9.17) is 4.74 Å². The van der Waals surface area contributed by atoms with Crippen molar-refractivity contribution in [3.8, 4) is 0 Å². The van der Waals surface area contributed by atoms with Crippen LogP contribution in [0.5, 0.6) is 0 Å². The smallest absolute Gasteiger partial charge is 0.310 e. The average Bonchev–Trinajstić information content (AvgIpc) is 3.10. The van der Waals surface area contributed by atoms with Crippen LogP contribution in [-0.2, 0) is 20.9 Å². The number of fused-ring (bicyclic) bond motifs is 1. The summed E-state index contributed by atoms with van der Waals surface area (Å²) in [4.78, 5) is 25.7. The van der Waals surface area contributed by atoms with Crippen LogP contribution in [0.15, 0.2) is 36.4 Å². The fourth-order valence-electron chi connectivity index (χ4n) is 3.80. The molecule has 0 unspecified atom stereocenters. The molecule has 6 heteroatoms. The predicted molar refractivity (Wildman–Crippen MR) is 73.2 cm³/mol. The molecule has 22 heavy (non-hydrogen) atoms. The van der Waals surface area contributed by atoms with Crippen LogP contribution in [0.3, 0.4) is 0 Å². The monoisotopic (exact) mass is 303 g/mol. The Morgan fingerprint density at radius 2 is 2.14 bits per heavy atom. The van der Waals surface area contributed by atoms with Gasteiger partial charge in [-0.3, -0.25) is 9.59 Å². The lowest BCUT2D eigenvalue weighted by molar-refractivity contribution is -0.148. The van der Waals surface area contributed by atoms with Gasteiger partial charge >= 0.3 is 5.97 Å². The third-order valence-corrected chi connectivity index (χ3v) is 4.75. The molecule has 4 rings (SSSR count). The van der Waals surface area contributed by atoms with Gasteiger partial charge in [-0.1, -0.05) is 24.3 Å². The number of hydrogen-bond donors (Lipinski definition) is 1. The van der Waals surface area contributed by atoms with Gasteiger partial charge in [0.15, 0.2) is 0 Å². The number of carboxylic acids is 1. The molecular weight excluding hydrogens is 289 g/mol. The molecule has 0 aliphatic carbocycles. The molecule has 0 saturated carbocycles. The minimum atomic E-state index is -1.00. The third kappa shape index (κ3) is 1.73. The van der Waals surface area contributed by atoms with E-state index < -0.39 is 29.5 Å². The summed E-state index contributed by atoms with van der Waals surface area (Å²) in [6, 6.07) is 5.93. The van der Waals surface area contributed by atoms with Crippen LogP contribution in [0.4, 0.5) is 4.39 Å². The molecule has 2 bridgehead atoms. The molecule has 1 aromatic carbocycles. The van der Waals surface area contributed by atoms with Crippen molar-refractivity contribution in [1.29, 1.82) is 0 Å². The highest BCUT2D eigenvalue weighted by Crippen LogP contribution is 2.52. The molecule has 4 atom stereocenters. The van der Waals surface area contributed by atoms with Crippen LogP contribution in [-0.4, -0.2) is 40.1 Å². The van der Waals surface area contributed by atoms with Gasteiger partial charge in [-0.2, -0.15) is 0 Å². The van der Waals surface area contributed by atoms with Crippen molar-refractivity contribution >= 4 is 11.9 Å². The summed E-state index contributed by atoms with van der Waals surface area (Å²) in [6.45, 7) is 0.663. The lowest BCUT2D eigenvalue weighted by Crippen LogP contribution is -2.39. The number of amides is 1. The van der Waals surface area contributed by atoms with Crippen LogP contribution in [0, 0.1) is 17.7 Å². The first-order valence-corrected chi connectivity index (χ1v) is 7.13. The number of halogens is 1.